The highest BCUT2D eigenvalue weighted by molar-refractivity contribution is 6.66. The fourth-order valence-electron chi connectivity index (χ4n) is 1.05. The van der Waals surface area contributed by atoms with Crippen molar-refractivity contribution in [2.75, 3.05) is 0 Å². The van der Waals surface area contributed by atoms with Gasteiger partial charge in [0.05, 0.1) is 11.9 Å². The van der Waals surface area contributed by atoms with E-state index in [1.54, 1.807) is 13.1 Å². The van der Waals surface area contributed by atoms with Crippen LogP contribution >= 0.6 is 0 Å². The molecule has 0 aliphatic rings. The molecule has 82 valence electrons. The Morgan fingerprint density at radius 1 is 1.36 bits per heavy atom. The van der Waals surface area contributed by atoms with Gasteiger partial charge in [-0.1, -0.05) is 6.58 Å². The van der Waals surface area contributed by atoms with Crippen molar-refractivity contribution >= 4 is 14.7 Å². The number of ether oxygens (including phenoxy) is 1. The molecule has 5 heteroatoms. The van der Waals surface area contributed by atoms with Crippen molar-refractivity contribution in [3.63, 3.8) is 0 Å². The molecule has 14 heavy (non-hydrogen) atoms. The first kappa shape index (κ1) is 13.2. The maximum absolute atomic E-state index is 11.0. The largest absolute Gasteiger partial charge is 0.501 e. The summed E-state index contributed by atoms with van der Waals surface area (Å²) in [7, 11) is -2.46. The monoisotopic (exact) mass is 218 g/mol. The Morgan fingerprint density at radius 3 is 2.21 bits per heavy atom. The van der Waals surface area contributed by atoms with Crippen molar-refractivity contribution in [2.45, 2.75) is 39.5 Å². The van der Waals surface area contributed by atoms with E-state index in [4.69, 9.17) is 8.85 Å². The maximum atomic E-state index is 11.0. The molecule has 0 aliphatic carbocycles. The smallest absolute Gasteiger partial charge is 0.463 e. The van der Waals surface area contributed by atoms with Crippen LogP contribution in [0.1, 0.15) is 20.8 Å². The van der Waals surface area contributed by atoms with Gasteiger partial charge >= 0.3 is 14.7 Å². The van der Waals surface area contributed by atoms with Crippen LogP contribution < -0.4 is 0 Å². The minimum absolute atomic E-state index is 0.329. The van der Waals surface area contributed by atoms with Crippen LogP contribution in [0.2, 0.25) is 13.1 Å². The number of carbonyl (C=O) groups excluding carboxylic acids is 1. The average Bonchev–Trinajstić information content (AvgIpc) is 1.78. The third-order valence-corrected chi connectivity index (χ3v) is 2.82. The molecular weight excluding hydrogens is 200 g/mol. The molecule has 0 bridgehead atoms. The highest BCUT2D eigenvalue weighted by atomic mass is 28.4. The molecule has 0 aliphatic heterocycles. The molecule has 0 rings (SSSR count). The van der Waals surface area contributed by atoms with Crippen molar-refractivity contribution in [1.82, 2.24) is 0 Å². The van der Waals surface area contributed by atoms with Crippen molar-refractivity contribution in [3.8, 4) is 0 Å². The Balaban J connectivity index is 4.20. The summed E-state index contributed by atoms with van der Waals surface area (Å²) in [5, 5.41) is 0. The van der Waals surface area contributed by atoms with Gasteiger partial charge in [-0.25, -0.2) is 4.79 Å². The van der Waals surface area contributed by atoms with Gasteiger partial charge in [0.15, 0.2) is 0 Å². The molecule has 0 aromatic heterocycles. The van der Waals surface area contributed by atoms with E-state index in [1.807, 2.05) is 20.8 Å². The van der Waals surface area contributed by atoms with Gasteiger partial charge in [0.2, 0.25) is 0 Å². The normalized spacial score (nSPS) is 12.1. The van der Waals surface area contributed by atoms with Crippen molar-refractivity contribution in [2.24, 2.45) is 0 Å². The first-order chi connectivity index (χ1) is 6.16. The van der Waals surface area contributed by atoms with Gasteiger partial charge in [0.1, 0.15) is 0 Å². The fraction of sp³-hybridized carbons (Fsp3) is 0.667. The van der Waals surface area contributed by atoms with Gasteiger partial charge in [-0.2, -0.15) is 0 Å². The molecule has 0 saturated carbocycles. The first-order valence-electron chi connectivity index (χ1n) is 4.37. The zero-order valence-corrected chi connectivity index (χ0v) is 10.4. The minimum atomic E-state index is -2.46. The highest BCUT2D eigenvalue weighted by Crippen LogP contribution is 2.18. The summed E-state index contributed by atoms with van der Waals surface area (Å²) in [6.07, 6.45) is 0.269. The van der Waals surface area contributed by atoms with E-state index in [0.717, 1.165) is 6.26 Å². The molecule has 0 saturated heterocycles. The van der Waals surface area contributed by atoms with Gasteiger partial charge in [0.25, 0.3) is 0 Å². The molecule has 0 aromatic rings. The van der Waals surface area contributed by atoms with E-state index in [-0.39, 0.29) is 5.60 Å². The van der Waals surface area contributed by atoms with Gasteiger partial charge in [-0.3, -0.25) is 0 Å². The molecule has 0 heterocycles. The molecule has 0 unspecified atom stereocenters. The second-order valence-corrected chi connectivity index (χ2v) is 7.46. The second-order valence-electron chi connectivity index (χ2n) is 4.25. The van der Waals surface area contributed by atoms with Crippen molar-refractivity contribution in [3.05, 3.63) is 12.8 Å². The Kier molecular flexibility index (Phi) is 4.34. The summed E-state index contributed by atoms with van der Waals surface area (Å²) in [6, 6.07) is 0. The standard InChI is InChI=1S/C9H18O4Si/c1-7-11-8(10)12-14(5,6)13-9(2,3)4/h7H,1H2,2-6H3. The zero-order chi connectivity index (χ0) is 11.4. The average molecular weight is 218 g/mol. The quantitative estimate of drug-likeness (QED) is 0.415. The van der Waals surface area contributed by atoms with Gasteiger partial charge in [-0.05, 0) is 33.9 Å². The zero-order valence-electron chi connectivity index (χ0n) is 9.42. The molecule has 4 nitrogen and oxygen atoms in total. The second kappa shape index (κ2) is 4.61. The van der Waals surface area contributed by atoms with Crippen molar-refractivity contribution in [1.29, 1.82) is 0 Å². The van der Waals surface area contributed by atoms with E-state index in [1.165, 1.54) is 0 Å². The van der Waals surface area contributed by atoms with Crippen molar-refractivity contribution < 1.29 is 18.4 Å². The van der Waals surface area contributed by atoms with Crippen LogP contribution in [0.15, 0.2) is 12.8 Å². The number of rotatable bonds is 3. The summed E-state index contributed by atoms with van der Waals surface area (Å²) >= 11 is 0. The Morgan fingerprint density at radius 2 is 1.86 bits per heavy atom. The maximum Gasteiger partial charge on any atom is 0.501 e. The third kappa shape index (κ3) is 6.68. The Bertz CT molecular complexity index is 217. The van der Waals surface area contributed by atoms with Crippen LogP contribution in [-0.4, -0.2) is 20.3 Å². The number of hydrogen-bond donors (Lipinski definition) is 0. The minimum Gasteiger partial charge on any atom is -0.463 e. The lowest BCUT2D eigenvalue weighted by Gasteiger charge is -2.30. The summed E-state index contributed by atoms with van der Waals surface area (Å²) in [6.45, 7) is 12.5. The summed E-state index contributed by atoms with van der Waals surface area (Å²) in [5.41, 5.74) is -0.329. The molecule has 0 amide bonds. The van der Waals surface area contributed by atoms with Crippen LogP contribution in [0.3, 0.4) is 0 Å². The van der Waals surface area contributed by atoms with Crippen LogP contribution in [-0.2, 0) is 13.6 Å². The summed E-state index contributed by atoms with van der Waals surface area (Å²) in [5.74, 6) is 0. The molecule has 0 atom stereocenters. The molecular formula is C9H18O4Si. The van der Waals surface area contributed by atoms with Crippen LogP contribution in [0.5, 0.6) is 0 Å². The van der Waals surface area contributed by atoms with E-state index in [0.29, 0.717) is 0 Å². The van der Waals surface area contributed by atoms with Crippen LogP contribution in [0.25, 0.3) is 0 Å². The summed E-state index contributed by atoms with van der Waals surface area (Å²) in [4.78, 5) is 11.0. The van der Waals surface area contributed by atoms with Crippen LogP contribution in [0, 0.1) is 0 Å². The third-order valence-electron chi connectivity index (χ3n) is 1.06. The van der Waals surface area contributed by atoms with E-state index >= 15 is 0 Å². The molecule has 0 spiro atoms. The van der Waals surface area contributed by atoms with Gasteiger partial charge in [0, 0.05) is 0 Å². The summed E-state index contributed by atoms with van der Waals surface area (Å²) < 4.78 is 15.1. The highest BCUT2D eigenvalue weighted by Gasteiger charge is 2.34. The lowest BCUT2D eigenvalue weighted by molar-refractivity contribution is 0.0646. The number of hydrogen-bond acceptors (Lipinski definition) is 4. The molecule has 0 aromatic carbocycles. The first-order valence-corrected chi connectivity index (χ1v) is 7.19. The van der Waals surface area contributed by atoms with Crippen LogP contribution in [0.4, 0.5) is 4.79 Å². The van der Waals surface area contributed by atoms with Gasteiger partial charge in [-0.15, -0.1) is 0 Å². The topological polar surface area (TPSA) is 44.8 Å². The molecule has 0 N–H and O–H groups in total. The lowest BCUT2D eigenvalue weighted by Crippen LogP contribution is -2.43. The SMILES string of the molecule is C=COC(=O)O[Si](C)(C)OC(C)(C)C. The predicted octanol–water partition coefficient (Wildman–Crippen LogP) is 2.80. The predicted molar refractivity (Wildman–Crippen MR) is 56.1 cm³/mol. The van der Waals surface area contributed by atoms with E-state index < -0.39 is 14.7 Å². The van der Waals surface area contributed by atoms with E-state index in [9.17, 15) is 4.79 Å². The number of carbonyl (C=O) groups is 1. The lowest BCUT2D eigenvalue weighted by atomic mass is 10.2. The van der Waals surface area contributed by atoms with E-state index in [2.05, 4.69) is 11.3 Å². The fourth-order valence-corrected chi connectivity index (χ4v) is 3.02. The Labute approximate surface area is 86.1 Å². The Hall–Kier alpha value is -0.813. The molecule has 0 fully saturated rings. The molecule has 0 radical (unpaired) electrons. The van der Waals surface area contributed by atoms with Gasteiger partial charge < -0.3 is 13.6 Å².